The number of aromatic nitrogens is 1. The Morgan fingerprint density at radius 1 is 1.42 bits per heavy atom. The van der Waals surface area contributed by atoms with Gasteiger partial charge in [-0.1, -0.05) is 11.6 Å². The van der Waals surface area contributed by atoms with Crippen LogP contribution in [0.1, 0.15) is 11.1 Å². The normalized spacial score (nSPS) is 9.42. The van der Waals surface area contributed by atoms with Crippen molar-refractivity contribution >= 4 is 11.6 Å². The molecule has 62 valence electrons. The quantitative estimate of drug-likeness (QED) is 0.638. The number of halogens is 1. The summed E-state index contributed by atoms with van der Waals surface area (Å²) in [7, 11) is 0. The molecule has 1 rings (SSSR count). The van der Waals surface area contributed by atoms with E-state index < -0.39 is 11.8 Å². The maximum atomic E-state index is 9.04. The molecule has 1 aromatic heterocycles. The van der Waals surface area contributed by atoms with E-state index in [2.05, 4.69) is 4.98 Å². The average Bonchev–Trinajstić information content (AvgIpc) is 2.01. The highest BCUT2D eigenvalue weighted by Crippen LogP contribution is 2.31. The predicted molar refractivity (Wildman–Crippen MR) is 42.0 cm³/mol. The standard InChI is InChI=1S/C7H5ClN2O2/c1-3-4(2-9)6(11)10-7(12)5(3)8/h1H3,(H2,10,11,12). The second kappa shape index (κ2) is 2.88. The van der Waals surface area contributed by atoms with E-state index in [0.29, 0.717) is 5.56 Å². The third kappa shape index (κ3) is 1.15. The van der Waals surface area contributed by atoms with Crippen LogP contribution in [0.2, 0.25) is 5.02 Å². The fourth-order valence-electron chi connectivity index (χ4n) is 0.784. The fraction of sp³-hybridized carbons (Fsp3) is 0.143. The summed E-state index contributed by atoms with van der Waals surface area (Å²) < 4.78 is 0. The molecule has 0 amide bonds. The van der Waals surface area contributed by atoms with Crippen LogP contribution in [-0.2, 0) is 0 Å². The summed E-state index contributed by atoms with van der Waals surface area (Å²) in [6.07, 6.45) is 0. The molecule has 0 aliphatic rings. The van der Waals surface area contributed by atoms with Gasteiger partial charge in [0.1, 0.15) is 16.7 Å². The molecule has 0 saturated heterocycles. The van der Waals surface area contributed by atoms with Crippen molar-refractivity contribution in [3.05, 3.63) is 16.1 Å². The van der Waals surface area contributed by atoms with Gasteiger partial charge in [0, 0.05) is 0 Å². The highest BCUT2D eigenvalue weighted by molar-refractivity contribution is 6.32. The minimum atomic E-state index is -0.503. The Morgan fingerprint density at radius 3 is 2.50 bits per heavy atom. The molecule has 0 bridgehead atoms. The van der Waals surface area contributed by atoms with Gasteiger partial charge in [0.2, 0.25) is 11.8 Å². The largest absolute Gasteiger partial charge is 0.492 e. The van der Waals surface area contributed by atoms with E-state index in [0.717, 1.165) is 0 Å². The highest BCUT2D eigenvalue weighted by atomic mass is 35.5. The number of hydrogen-bond acceptors (Lipinski definition) is 4. The van der Waals surface area contributed by atoms with Gasteiger partial charge in [-0.15, -0.1) is 0 Å². The first kappa shape index (κ1) is 8.62. The Bertz CT molecular complexity index is 371. The molecule has 0 fully saturated rings. The van der Waals surface area contributed by atoms with E-state index in [4.69, 9.17) is 27.1 Å². The molecule has 0 saturated carbocycles. The van der Waals surface area contributed by atoms with Crippen LogP contribution in [0, 0.1) is 18.3 Å². The molecule has 12 heavy (non-hydrogen) atoms. The van der Waals surface area contributed by atoms with Crippen molar-refractivity contribution in [1.82, 2.24) is 4.98 Å². The molecule has 2 N–H and O–H groups in total. The van der Waals surface area contributed by atoms with Crippen LogP contribution in [0.15, 0.2) is 0 Å². The Kier molecular flexibility index (Phi) is 2.07. The van der Waals surface area contributed by atoms with Crippen molar-refractivity contribution in [2.45, 2.75) is 6.92 Å². The lowest BCUT2D eigenvalue weighted by Crippen LogP contribution is -1.89. The van der Waals surface area contributed by atoms with Gasteiger partial charge >= 0.3 is 0 Å². The van der Waals surface area contributed by atoms with Crippen LogP contribution in [0.5, 0.6) is 11.8 Å². The SMILES string of the molecule is Cc1c(Cl)c(O)nc(O)c1C#N. The summed E-state index contributed by atoms with van der Waals surface area (Å²) in [6, 6.07) is 1.72. The van der Waals surface area contributed by atoms with Crippen molar-refractivity contribution in [2.75, 3.05) is 0 Å². The number of nitrogens with zero attached hydrogens (tertiary/aromatic N) is 2. The smallest absolute Gasteiger partial charge is 0.233 e. The molecule has 5 heteroatoms. The topological polar surface area (TPSA) is 77.1 Å². The molecule has 0 aromatic carbocycles. The van der Waals surface area contributed by atoms with Crippen LogP contribution in [0.3, 0.4) is 0 Å². The third-order valence-corrected chi connectivity index (χ3v) is 1.90. The molecule has 0 radical (unpaired) electrons. The number of pyridine rings is 1. The Labute approximate surface area is 73.7 Å². The predicted octanol–water partition coefficient (Wildman–Crippen LogP) is 1.33. The molecule has 0 spiro atoms. The summed E-state index contributed by atoms with van der Waals surface area (Å²) in [5, 5.41) is 26.5. The number of hydrogen-bond donors (Lipinski definition) is 2. The van der Waals surface area contributed by atoms with Crippen molar-refractivity contribution in [3.8, 4) is 17.8 Å². The van der Waals surface area contributed by atoms with Gasteiger partial charge in [0.25, 0.3) is 0 Å². The second-order valence-electron chi connectivity index (χ2n) is 2.18. The van der Waals surface area contributed by atoms with E-state index >= 15 is 0 Å². The number of aromatic hydroxyl groups is 2. The molecule has 0 atom stereocenters. The summed E-state index contributed by atoms with van der Waals surface area (Å²) in [5.41, 5.74) is 0.307. The van der Waals surface area contributed by atoms with E-state index in [1.807, 2.05) is 0 Å². The van der Waals surface area contributed by atoms with Gasteiger partial charge in [-0.05, 0) is 12.5 Å². The Balaban J connectivity index is 3.54. The van der Waals surface area contributed by atoms with Gasteiger partial charge in [-0.25, -0.2) is 0 Å². The maximum absolute atomic E-state index is 9.04. The number of rotatable bonds is 0. The van der Waals surface area contributed by atoms with Crippen LogP contribution >= 0.6 is 11.6 Å². The monoisotopic (exact) mass is 184 g/mol. The zero-order valence-electron chi connectivity index (χ0n) is 6.17. The highest BCUT2D eigenvalue weighted by Gasteiger charge is 2.13. The first-order chi connectivity index (χ1) is 5.57. The van der Waals surface area contributed by atoms with Crippen LogP contribution in [-0.4, -0.2) is 15.2 Å². The van der Waals surface area contributed by atoms with Gasteiger partial charge in [0.15, 0.2) is 0 Å². The summed E-state index contributed by atoms with van der Waals surface area (Å²) in [4.78, 5) is 3.26. The molecule has 1 heterocycles. The van der Waals surface area contributed by atoms with E-state index in [9.17, 15) is 0 Å². The molecular weight excluding hydrogens is 180 g/mol. The minimum Gasteiger partial charge on any atom is -0.492 e. The average molecular weight is 185 g/mol. The van der Waals surface area contributed by atoms with Gasteiger partial charge < -0.3 is 10.2 Å². The Morgan fingerprint density at radius 2 is 2.00 bits per heavy atom. The van der Waals surface area contributed by atoms with Crippen LogP contribution < -0.4 is 0 Å². The van der Waals surface area contributed by atoms with Gasteiger partial charge in [-0.2, -0.15) is 10.2 Å². The van der Waals surface area contributed by atoms with E-state index in [1.54, 1.807) is 6.07 Å². The maximum Gasteiger partial charge on any atom is 0.233 e. The molecule has 0 unspecified atom stereocenters. The first-order valence-electron chi connectivity index (χ1n) is 3.06. The Hall–Kier alpha value is -1.47. The van der Waals surface area contributed by atoms with Crippen LogP contribution in [0.25, 0.3) is 0 Å². The molecule has 4 nitrogen and oxygen atoms in total. The lowest BCUT2D eigenvalue weighted by atomic mass is 10.2. The molecule has 0 aliphatic carbocycles. The minimum absolute atomic E-state index is 0.00986. The molecular formula is C7H5ClN2O2. The first-order valence-corrected chi connectivity index (χ1v) is 3.43. The van der Waals surface area contributed by atoms with Gasteiger partial charge in [0.05, 0.1) is 0 Å². The third-order valence-electron chi connectivity index (χ3n) is 1.45. The fourth-order valence-corrected chi connectivity index (χ4v) is 0.921. The zero-order chi connectivity index (χ0) is 9.30. The van der Waals surface area contributed by atoms with Crippen molar-refractivity contribution < 1.29 is 10.2 Å². The second-order valence-corrected chi connectivity index (χ2v) is 2.56. The van der Waals surface area contributed by atoms with Crippen molar-refractivity contribution in [3.63, 3.8) is 0 Å². The summed E-state index contributed by atoms with van der Waals surface area (Å²) in [6.45, 7) is 1.52. The van der Waals surface area contributed by atoms with Crippen molar-refractivity contribution in [1.29, 1.82) is 5.26 Å². The summed E-state index contributed by atoms with van der Waals surface area (Å²) in [5.74, 6) is -0.970. The lowest BCUT2D eigenvalue weighted by molar-refractivity contribution is 0.411. The molecule has 1 aromatic rings. The van der Waals surface area contributed by atoms with Crippen LogP contribution in [0.4, 0.5) is 0 Å². The lowest BCUT2D eigenvalue weighted by Gasteiger charge is -2.03. The number of nitriles is 1. The summed E-state index contributed by atoms with van der Waals surface area (Å²) >= 11 is 5.56. The van der Waals surface area contributed by atoms with E-state index in [1.165, 1.54) is 6.92 Å². The van der Waals surface area contributed by atoms with Gasteiger partial charge in [-0.3, -0.25) is 0 Å². The van der Waals surface area contributed by atoms with Crippen molar-refractivity contribution in [2.24, 2.45) is 0 Å². The van der Waals surface area contributed by atoms with E-state index in [-0.39, 0.29) is 10.6 Å². The molecule has 0 aliphatic heterocycles. The zero-order valence-corrected chi connectivity index (χ0v) is 6.92.